The lowest BCUT2D eigenvalue weighted by molar-refractivity contribution is -0.385. The van der Waals surface area contributed by atoms with Gasteiger partial charge in [-0.1, -0.05) is 0 Å². The van der Waals surface area contributed by atoms with Crippen LogP contribution in [0.3, 0.4) is 0 Å². The summed E-state index contributed by atoms with van der Waals surface area (Å²) in [7, 11) is 1.54. The monoisotopic (exact) mass is 287 g/mol. The highest BCUT2D eigenvalue weighted by Gasteiger charge is 2.33. The zero-order valence-electron chi connectivity index (χ0n) is 11.1. The van der Waals surface area contributed by atoms with Crippen LogP contribution in [0.4, 0.5) is 17.5 Å². The summed E-state index contributed by atoms with van der Waals surface area (Å²) >= 11 is 0. The Morgan fingerprint density at radius 1 is 1.25 bits per heavy atom. The second-order valence-electron chi connectivity index (χ2n) is 4.22. The molecule has 1 aromatic rings. The number of anilines is 2. The number of hydrogen-bond donors (Lipinski definition) is 5. The molecule has 0 aliphatic heterocycles. The molecule has 0 saturated heterocycles. The number of nitrogens with one attached hydrogen (secondary N) is 2. The van der Waals surface area contributed by atoms with Crippen LogP contribution in [-0.2, 0) is 0 Å². The number of hydrogen-bond acceptors (Lipinski definition) is 9. The Hall–Kier alpha value is -2.04. The Labute approximate surface area is 114 Å². The molecule has 0 aliphatic carbocycles. The maximum atomic E-state index is 11.1. The van der Waals surface area contributed by atoms with Gasteiger partial charge >= 0.3 is 5.69 Å². The average Bonchev–Trinajstić information content (AvgIpc) is 2.43. The van der Waals surface area contributed by atoms with Crippen LogP contribution in [0.1, 0.15) is 5.69 Å². The first-order valence-corrected chi connectivity index (χ1v) is 5.74. The number of aliphatic hydroxyl groups excluding tert-OH is 3. The van der Waals surface area contributed by atoms with Gasteiger partial charge < -0.3 is 26.0 Å². The van der Waals surface area contributed by atoms with Gasteiger partial charge in [-0.05, 0) is 6.92 Å². The fourth-order valence-corrected chi connectivity index (χ4v) is 1.50. The summed E-state index contributed by atoms with van der Waals surface area (Å²) in [6.07, 6.45) is 0. The van der Waals surface area contributed by atoms with Crippen LogP contribution in [0.2, 0.25) is 0 Å². The van der Waals surface area contributed by atoms with Crippen LogP contribution in [-0.4, -0.2) is 62.6 Å². The van der Waals surface area contributed by atoms with E-state index < -0.39 is 30.3 Å². The Morgan fingerprint density at radius 3 is 2.20 bits per heavy atom. The predicted octanol–water partition coefficient (Wildman–Crippen LogP) is -1.14. The van der Waals surface area contributed by atoms with Gasteiger partial charge in [-0.25, -0.2) is 4.98 Å². The molecule has 10 nitrogen and oxygen atoms in total. The first-order valence-electron chi connectivity index (χ1n) is 5.74. The molecule has 1 aromatic heterocycles. The van der Waals surface area contributed by atoms with Gasteiger partial charge in [-0.2, -0.15) is 4.98 Å². The molecule has 5 N–H and O–H groups in total. The first-order chi connectivity index (χ1) is 9.42. The molecule has 0 spiro atoms. The Bertz CT molecular complexity index is 483. The van der Waals surface area contributed by atoms with Gasteiger partial charge in [0.1, 0.15) is 11.2 Å². The van der Waals surface area contributed by atoms with E-state index in [0.29, 0.717) is 0 Å². The molecule has 0 amide bonds. The van der Waals surface area contributed by atoms with Crippen molar-refractivity contribution in [1.29, 1.82) is 0 Å². The van der Waals surface area contributed by atoms with Crippen molar-refractivity contribution in [3.05, 3.63) is 15.8 Å². The van der Waals surface area contributed by atoms with E-state index in [1.54, 1.807) is 7.05 Å². The van der Waals surface area contributed by atoms with Crippen LogP contribution >= 0.6 is 0 Å². The number of rotatable bonds is 7. The smallest absolute Gasteiger partial charge is 0.332 e. The Kier molecular flexibility index (Phi) is 5.13. The predicted molar refractivity (Wildman–Crippen MR) is 70.6 cm³/mol. The van der Waals surface area contributed by atoms with Crippen molar-refractivity contribution >= 4 is 17.5 Å². The lowest BCUT2D eigenvalue weighted by atomic mass is 10.0. The molecular weight excluding hydrogens is 270 g/mol. The standard InChI is InChI=1S/C10H17N5O5/c1-6-7(15(19)20)8(13-9(11-2)12-6)14-10(3-16,4-17)5-18/h16-18H,3-5H2,1-2H3,(H2,11,12,13,14). The molecule has 0 atom stereocenters. The van der Waals surface area contributed by atoms with E-state index >= 15 is 0 Å². The maximum Gasteiger partial charge on any atom is 0.332 e. The fourth-order valence-electron chi connectivity index (χ4n) is 1.50. The van der Waals surface area contributed by atoms with Crippen molar-refractivity contribution in [1.82, 2.24) is 9.97 Å². The zero-order valence-corrected chi connectivity index (χ0v) is 11.1. The van der Waals surface area contributed by atoms with Crippen LogP contribution in [0, 0.1) is 17.0 Å². The topological polar surface area (TPSA) is 154 Å². The summed E-state index contributed by atoms with van der Waals surface area (Å²) in [5.74, 6) is -0.0534. The summed E-state index contributed by atoms with van der Waals surface area (Å²) in [6, 6.07) is 0. The second-order valence-corrected chi connectivity index (χ2v) is 4.22. The number of nitrogens with zero attached hydrogens (tertiary/aromatic N) is 3. The minimum absolute atomic E-state index is 0.111. The van der Waals surface area contributed by atoms with Gasteiger partial charge in [0.15, 0.2) is 0 Å². The van der Waals surface area contributed by atoms with E-state index in [4.69, 9.17) is 0 Å². The summed E-state index contributed by atoms with van der Waals surface area (Å²) in [4.78, 5) is 18.2. The summed E-state index contributed by atoms with van der Waals surface area (Å²) in [5, 5.41) is 44.0. The molecule has 0 aromatic carbocycles. The molecule has 112 valence electrons. The molecule has 0 aliphatic rings. The van der Waals surface area contributed by atoms with Gasteiger partial charge in [-0.3, -0.25) is 10.1 Å². The van der Waals surface area contributed by atoms with E-state index in [9.17, 15) is 25.4 Å². The minimum atomic E-state index is -1.52. The molecule has 0 fully saturated rings. The van der Waals surface area contributed by atoms with Gasteiger partial charge in [0, 0.05) is 7.05 Å². The third kappa shape index (κ3) is 3.10. The van der Waals surface area contributed by atoms with Crippen molar-refractivity contribution < 1.29 is 20.2 Å². The van der Waals surface area contributed by atoms with Crippen molar-refractivity contribution in [2.24, 2.45) is 0 Å². The van der Waals surface area contributed by atoms with Crippen molar-refractivity contribution in [2.75, 3.05) is 37.5 Å². The quantitative estimate of drug-likeness (QED) is 0.309. The van der Waals surface area contributed by atoms with Gasteiger partial charge in [0.05, 0.1) is 24.7 Å². The molecule has 1 heterocycles. The average molecular weight is 287 g/mol. The maximum absolute atomic E-state index is 11.1. The van der Waals surface area contributed by atoms with Crippen LogP contribution in [0.25, 0.3) is 0 Å². The Morgan fingerprint density at radius 2 is 1.80 bits per heavy atom. The molecule has 1 rings (SSSR count). The summed E-state index contributed by atoms with van der Waals surface area (Å²) in [6.45, 7) is -0.455. The van der Waals surface area contributed by atoms with Crippen molar-refractivity contribution in [3.63, 3.8) is 0 Å². The van der Waals surface area contributed by atoms with E-state index in [1.807, 2.05) is 0 Å². The highest BCUT2D eigenvalue weighted by atomic mass is 16.6. The van der Waals surface area contributed by atoms with Gasteiger partial charge in [-0.15, -0.1) is 0 Å². The van der Waals surface area contributed by atoms with E-state index in [2.05, 4.69) is 20.6 Å². The minimum Gasteiger partial charge on any atom is -0.394 e. The second kappa shape index (κ2) is 6.41. The van der Waals surface area contributed by atoms with E-state index in [1.165, 1.54) is 6.92 Å². The number of aromatic nitrogens is 2. The molecule has 0 bridgehead atoms. The molecule has 0 unspecified atom stereocenters. The molecule has 0 radical (unpaired) electrons. The van der Waals surface area contributed by atoms with Crippen LogP contribution in [0.5, 0.6) is 0 Å². The first kappa shape index (κ1) is 16.0. The number of aliphatic hydroxyl groups is 3. The Balaban J connectivity index is 3.34. The third-order valence-corrected chi connectivity index (χ3v) is 2.76. The van der Waals surface area contributed by atoms with Crippen LogP contribution in [0.15, 0.2) is 0 Å². The van der Waals surface area contributed by atoms with E-state index in [0.717, 1.165) is 0 Å². The largest absolute Gasteiger partial charge is 0.394 e. The highest BCUT2D eigenvalue weighted by molar-refractivity contribution is 5.62. The van der Waals surface area contributed by atoms with E-state index in [-0.39, 0.29) is 23.1 Å². The lowest BCUT2D eigenvalue weighted by Crippen LogP contribution is -2.49. The normalized spacial score (nSPS) is 11.2. The molecular formula is C10H17N5O5. The van der Waals surface area contributed by atoms with Gasteiger partial charge in [0.25, 0.3) is 0 Å². The SMILES string of the molecule is CNc1nc(C)c([N+](=O)[O-])c(NC(CO)(CO)CO)n1. The molecule has 0 saturated carbocycles. The number of aryl methyl sites for hydroxylation is 1. The summed E-state index contributed by atoms with van der Waals surface area (Å²) < 4.78 is 0. The van der Waals surface area contributed by atoms with Crippen LogP contribution < -0.4 is 10.6 Å². The summed E-state index contributed by atoms with van der Waals surface area (Å²) in [5.41, 5.74) is -1.79. The molecule has 20 heavy (non-hydrogen) atoms. The highest BCUT2D eigenvalue weighted by Crippen LogP contribution is 2.28. The zero-order chi connectivity index (χ0) is 15.3. The van der Waals surface area contributed by atoms with Crippen molar-refractivity contribution in [2.45, 2.75) is 12.5 Å². The fraction of sp³-hybridized carbons (Fsp3) is 0.600. The van der Waals surface area contributed by atoms with Crippen molar-refractivity contribution in [3.8, 4) is 0 Å². The van der Waals surface area contributed by atoms with Gasteiger partial charge in [0.2, 0.25) is 11.8 Å². The third-order valence-electron chi connectivity index (χ3n) is 2.76. The molecule has 10 heteroatoms. The number of nitro groups is 1. The lowest BCUT2D eigenvalue weighted by Gasteiger charge is -2.29.